The Morgan fingerprint density at radius 1 is 1.33 bits per heavy atom. The number of nitrogens with zero attached hydrogens (tertiary/aromatic N) is 2. The highest BCUT2D eigenvalue weighted by Gasteiger charge is 2.08. The van der Waals surface area contributed by atoms with E-state index in [1.165, 1.54) is 0 Å². The molecule has 0 unspecified atom stereocenters. The maximum absolute atomic E-state index is 5.73. The van der Waals surface area contributed by atoms with E-state index in [-0.39, 0.29) is 5.28 Å². The highest BCUT2D eigenvalue weighted by Crippen LogP contribution is 2.24. The van der Waals surface area contributed by atoms with Crippen LogP contribution in [0.25, 0.3) is 11.0 Å². The van der Waals surface area contributed by atoms with Crippen molar-refractivity contribution in [1.29, 1.82) is 0 Å². The molecule has 2 aromatic heterocycles. The Labute approximate surface area is 94.1 Å². The Balaban J connectivity index is 0.000000531. The fourth-order valence-corrected chi connectivity index (χ4v) is 1.51. The van der Waals surface area contributed by atoms with Gasteiger partial charge in [-0.25, -0.2) is 4.98 Å². The van der Waals surface area contributed by atoms with Gasteiger partial charge in [0, 0.05) is 13.2 Å². The summed E-state index contributed by atoms with van der Waals surface area (Å²) < 4.78 is 0. The second-order valence-electron chi connectivity index (χ2n) is 2.79. The first-order valence-corrected chi connectivity index (χ1v) is 5.29. The van der Waals surface area contributed by atoms with Gasteiger partial charge in [0.05, 0.1) is 5.39 Å². The molecule has 0 fully saturated rings. The largest absolute Gasteiger partial charge is 0.372 e. The van der Waals surface area contributed by atoms with Gasteiger partial charge >= 0.3 is 0 Å². The molecule has 0 bridgehead atoms. The average Bonchev–Trinajstić information content (AvgIpc) is 2.62. The summed E-state index contributed by atoms with van der Waals surface area (Å²) >= 11 is 5.73. The van der Waals surface area contributed by atoms with Crippen molar-refractivity contribution in [2.24, 2.45) is 0 Å². The predicted molar refractivity (Wildman–Crippen MR) is 64.5 cm³/mol. The zero-order chi connectivity index (χ0) is 11.4. The SMILES string of the molecule is CC.CNc1nc(Cl)nc2[nH]cc(C)c12. The van der Waals surface area contributed by atoms with Gasteiger partial charge in [-0.05, 0) is 24.1 Å². The van der Waals surface area contributed by atoms with Gasteiger partial charge in [-0.2, -0.15) is 4.98 Å². The molecule has 2 N–H and O–H groups in total. The predicted octanol–water partition coefficient (Wildman–Crippen LogP) is 2.99. The first kappa shape index (κ1) is 11.8. The molecule has 2 aromatic rings. The molecule has 0 amide bonds. The summed E-state index contributed by atoms with van der Waals surface area (Å²) in [6, 6.07) is 0. The smallest absolute Gasteiger partial charge is 0.226 e. The molecule has 0 aliphatic carbocycles. The van der Waals surface area contributed by atoms with E-state index in [0.717, 1.165) is 22.4 Å². The number of hydrogen-bond donors (Lipinski definition) is 2. The molecule has 15 heavy (non-hydrogen) atoms. The highest BCUT2D eigenvalue weighted by atomic mass is 35.5. The third kappa shape index (κ3) is 2.21. The summed E-state index contributed by atoms with van der Waals surface area (Å²) in [5.41, 5.74) is 1.87. The van der Waals surface area contributed by atoms with Gasteiger partial charge in [0.1, 0.15) is 11.5 Å². The molecule has 2 heterocycles. The van der Waals surface area contributed by atoms with Gasteiger partial charge in [-0.3, -0.25) is 0 Å². The van der Waals surface area contributed by atoms with Crippen molar-refractivity contribution in [2.45, 2.75) is 20.8 Å². The number of fused-ring (bicyclic) bond motifs is 1. The maximum atomic E-state index is 5.73. The van der Waals surface area contributed by atoms with Gasteiger partial charge in [-0.1, -0.05) is 13.8 Å². The molecule has 0 aliphatic heterocycles. The number of rotatable bonds is 1. The molecule has 0 radical (unpaired) electrons. The van der Waals surface area contributed by atoms with E-state index in [9.17, 15) is 0 Å². The summed E-state index contributed by atoms with van der Waals surface area (Å²) in [5.74, 6) is 0.758. The number of hydrogen-bond acceptors (Lipinski definition) is 3. The van der Waals surface area contributed by atoms with Crippen LogP contribution in [0.3, 0.4) is 0 Å². The van der Waals surface area contributed by atoms with Crippen LogP contribution in [0.15, 0.2) is 6.20 Å². The molecule has 4 nitrogen and oxygen atoms in total. The zero-order valence-electron chi connectivity index (χ0n) is 9.35. The molecule has 2 rings (SSSR count). The third-order valence-corrected chi connectivity index (χ3v) is 2.11. The van der Waals surface area contributed by atoms with E-state index in [1.807, 2.05) is 34.0 Å². The van der Waals surface area contributed by atoms with E-state index in [4.69, 9.17) is 11.6 Å². The number of H-pyrrole nitrogens is 1. The van der Waals surface area contributed by atoms with E-state index < -0.39 is 0 Å². The second-order valence-corrected chi connectivity index (χ2v) is 3.12. The van der Waals surface area contributed by atoms with Crippen LogP contribution in [0.5, 0.6) is 0 Å². The number of aromatic amines is 1. The van der Waals surface area contributed by atoms with E-state index in [1.54, 1.807) is 0 Å². The lowest BCUT2D eigenvalue weighted by atomic mass is 10.2. The van der Waals surface area contributed by atoms with Gasteiger partial charge in [-0.15, -0.1) is 0 Å². The Kier molecular flexibility index (Phi) is 3.91. The van der Waals surface area contributed by atoms with Crippen LogP contribution >= 0.6 is 11.6 Å². The van der Waals surface area contributed by atoms with Crippen LogP contribution in [-0.4, -0.2) is 22.0 Å². The minimum atomic E-state index is 0.249. The molecular formula is C10H15ClN4. The molecule has 5 heteroatoms. The summed E-state index contributed by atoms with van der Waals surface area (Å²) in [5, 5.41) is 4.22. The van der Waals surface area contributed by atoms with Gasteiger partial charge < -0.3 is 10.3 Å². The van der Waals surface area contributed by atoms with Crippen molar-refractivity contribution in [3.63, 3.8) is 0 Å². The van der Waals surface area contributed by atoms with Crippen molar-refractivity contribution in [3.05, 3.63) is 17.0 Å². The number of halogens is 1. The van der Waals surface area contributed by atoms with Crippen LogP contribution in [0, 0.1) is 6.92 Å². The fourth-order valence-electron chi connectivity index (χ4n) is 1.34. The van der Waals surface area contributed by atoms with Crippen LogP contribution in [0.1, 0.15) is 19.4 Å². The van der Waals surface area contributed by atoms with Crippen molar-refractivity contribution in [1.82, 2.24) is 15.0 Å². The van der Waals surface area contributed by atoms with Gasteiger partial charge in [0.2, 0.25) is 5.28 Å². The molecule has 0 aliphatic rings. The van der Waals surface area contributed by atoms with Gasteiger partial charge in [0.25, 0.3) is 0 Å². The first-order chi connectivity index (χ1) is 7.22. The van der Waals surface area contributed by atoms with Crippen LogP contribution in [-0.2, 0) is 0 Å². The summed E-state index contributed by atoms with van der Waals surface area (Å²) in [6.45, 7) is 6.00. The monoisotopic (exact) mass is 226 g/mol. The average molecular weight is 227 g/mol. The Bertz CT molecular complexity index is 450. The lowest BCUT2D eigenvalue weighted by Gasteiger charge is -2.01. The molecule has 0 saturated carbocycles. The van der Waals surface area contributed by atoms with E-state index >= 15 is 0 Å². The van der Waals surface area contributed by atoms with Crippen LogP contribution in [0.4, 0.5) is 5.82 Å². The first-order valence-electron chi connectivity index (χ1n) is 4.91. The normalized spacial score (nSPS) is 9.67. The number of anilines is 1. The number of nitrogens with one attached hydrogen (secondary N) is 2. The van der Waals surface area contributed by atoms with Crippen molar-refractivity contribution >= 4 is 28.5 Å². The molecule has 0 saturated heterocycles. The zero-order valence-corrected chi connectivity index (χ0v) is 10.1. The van der Waals surface area contributed by atoms with Gasteiger partial charge in [0.15, 0.2) is 0 Å². The Morgan fingerprint density at radius 3 is 2.60 bits per heavy atom. The van der Waals surface area contributed by atoms with Crippen molar-refractivity contribution < 1.29 is 0 Å². The summed E-state index contributed by atoms with van der Waals surface area (Å²) in [4.78, 5) is 11.2. The summed E-state index contributed by atoms with van der Waals surface area (Å²) in [6.07, 6.45) is 1.89. The van der Waals surface area contributed by atoms with E-state index in [0.29, 0.717) is 0 Å². The lowest BCUT2D eigenvalue weighted by molar-refractivity contribution is 1.19. The quantitative estimate of drug-likeness (QED) is 0.735. The van der Waals surface area contributed by atoms with Crippen molar-refractivity contribution in [3.8, 4) is 0 Å². The topological polar surface area (TPSA) is 53.6 Å². The fraction of sp³-hybridized carbons (Fsp3) is 0.400. The summed E-state index contributed by atoms with van der Waals surface area (Å²) in [7, 11) is 1.81. The van der Waals surface area contributed by atoms with Crippen molar-refractivity contribution in [2.75, 3.05) is 12.4 Å². The molecule has 0 spiro atoms. The molecule has 0 atom stereocenters. The van der Waals surface area contributed by atoms with Crippen LogP contribution in [0.2, 0.25) is 5.28 Å². The molecular weight excluding hydrogens is 212 g/mol. The van der Waals surface area contributed by atoms with Crippen LogP contribution < -0.4 is 5.32 Å². The minimum Gasteiger partial charge on any atom is -0.372 e. The second kappa shape index (κ2) is 4.98. The number of aryl methyl sites for hydroxylation is 1. The number of aromatic nitrogens is 3. The third-order valence-electron chi connectivity index (χ3n) is 1.94. The molecule has 0 aromatic carbocycles. The maximum Gasteiger partial charge on any atom is 0.226 e. The standard InChI is InChI=1S/C8H9ClN4.C2H6/c1-4-3-11-7-5(4)6(10-2)12-8(9)13-7;1-2/h3H,1-2H3,(H2,10,11,12,13);1-2H3. The highest BCUT2D eigenvalue weighted by molar-refractivity contribution is 6.28. The Morgan fingerprint density at radius 2 is 2.00 bits per heavy atom. The van der Waals surface area contributed by atoms with E-state index in [2.05, 4.69) is 20.3 Å². The minimum absolute atomic E-state index is 0.249. The lowest BCUT2D eigenvalue weighted by Crippen LogP contribution is -1.95. The Hall–Kier alpha value is -1.29. The molecule has 82 valence electrons.